The van der Waals surface area contributed by atoms with Crippen molar-refractivity contribution in [3.05, 3.63) is 64.9 Å². The summed E-state index contributed by atoms with van der Waals surface area (Å²) in [7, 11) is 1.63. The van der Waals surface area contributed by atoms with Crippen LogP contribution in [0.5, 0.6) is 5.75 Å². The molecule has 2 aromatic carbocycles. The molecule has 172 valence electrons. The number of carbonyl (C=O) groups is 2. The van der Waals surface area contributed by atoms with Crippen LogP contribution in [0.25, 0.3) is 10.6 Å². The summed E-state index contributed by atoms with van der Waals surface area (Å²) in [6, 6.07) is 13.1. The number of hydrogen-bond donors (Lipinski definition) is 3. The molecule has 10 heteroatoms. The Morgan fingerprint density at radius 3 is 2.67 bits per heavy atom. The zero-order valence-electron chi connectivity index (χ0n) is 18.1. The van der Waals surface area contributed by atoms with Gasteiger partial charge in [0.25, 0.3) is 0 Å². The van der Waals surface area contributed by atoms with Crippen molar-refractivity contribution in [3.8, 4) is 16.3 Å². The van der Waals surface area contributed by atoms with Gasteiger partial charge in [0.1, 0.15) is 22.1 Å². The molecule has 1 aliphatic heterocycles. The SMILES string of the molecule is COc1ccc(-c2nc(C)c(C3CC(=O)NC(SCC(=O)Nc4ccc(F)cc4)N3)s2)cc1. The van der Waals surface area contributed by atoms with Crippen LogP contribution in [-0.4, -0.2) is 35.2 Å². The first-order chi connectivity index (χ1) is 15.9. The third-order valence-electron chi connectivity index (χ3n) is 5.03. The first kappa shape index (κ1) is 23.2. The lowest BCUT2D eigenvalue weighted by Crippen LogP contribution is -2.51. The Morgan fingerprint density at radius 1 is 1.24 bits per heavy atom. The molecule has 0 aliphatic carbocycles. The van der Waals surface area contributed by atoms with Gasteiger partial charge in [0.05, 0.1) is 24.6 Å². The van der Waals surface area contributed by atoms with Gasteiger partial charge < -0.3 is 15.4 Å². The van der Waals surface area contributed by atoms with E-state index in [9.17, 15) is 14.0 Å². The van der Waals surface area contributed by atoms with Gasteiger partial charge in [-0.25, -0.2) is 9.37 Å². The number of amides is 2. The van der Waals surface area contributed by atoms with E-state index in [2.05, 4.69) is 16.0 Å². The van der Waals surface area contributed by atoms with Crippen LogP contribution in [0, 0.1) is 12.7 Å². The molecule has 7 nitrogen and oxygen atoms in total. The fourth-order valence-corrected chi connectivity index (χ4v) is 5.41. The Labute approximate surface area is 199 Å². The highest BCUT2D eigenvalue weighted by Crippen LogP contribution is 2.35. The molecular formula is C23H23FN4O3S2. The molecule has 0 saturated carbocycles. The van der Waals surface area contributed by atoms with Crippen LogP contribution >= 0.6 is 23.1 Å². The number of methoxy groups -OCH3 is 1. The molecule has 3 N–H and O–H groups in total. The minimum atomic E-state index is -0.416. The predicted molar refractivity (Wildman–Crippen MR) is 129 cm³/mol. The van der Waals surface area contributed by atoms with Crippen molar-refractivity contribution in [2.75, 3.05) is 18.2 Å². The number of benzene rings is 2. The van der Waals surface area contributed by atoms with Crippen molar-refractivity contribution >= 4 is 40.6 Å². The lowest BCUT2D eigenvalue weighted by Gasteiger charge is -2.30. The largest absolute Gasteiger partial charge is 0.497 e. The van der Waals surface area contributed by atoms with E-state index in [-0.39, 0.29) is 29.4 Å². The van der Waals surface area contributed by atoms with Crippen LogP contribution in [0.15, 0.2) is 48.5 Å². The quantitative estimate of drug-likeness (QED) is 0.466. The van der Waals surface area contributed by atoms with Crippen LogP contribution in [0.3, 0.4) is 0 Å². The first-order valence-electron chi connectivity index (χ1n) is 10.3. The van der Waals surface area contributed by atoms with Crippen LogP contribution in [0.2, 0.25) is 0 Å². The highest BCUT2D eigenvalue weighted by molar-refractivity contribution is 8.00. The molecule has 2 atom stereocenters. The van der Waals surface area contributed by atoms with Crippen molar-refractivity contribution in [1.29, 1.82) is 0 Å². The molecule has 0 spiro atoms. The molecule has 2 unspecified atom stereocenters. The molecule has 2 amide bonds. The predicted octanol–water partition coefficient (Wildman–Crippen LogP) is 4.07. The molecule has 1 aliphatic rings. The fourth-order valence-electron chi connectivity index (χ4n) is 3.41. The van der Waals surface area contributed by atoms with Gasteiger partial charge in [-0.15, -0.1) is 23.1 Å². The first-order valence-corrected chi connectivity index (χ1v) is 12.1. The Morgan fingerprint density at radius 2 is 1.97 bits per heavy atom. The molecule has 0 radical (unpaired) electrons. The minimum absolute atomic E-state index is 0.0889. The summed E-state index contributed by atoms with van der Waals surface area (Å²) in [5.74, 6) is 0.215. The summed E-state index contributed by atoms with van der Waals surface area (Å²) in [4.78, 5) is 30.3. The number of thioether (sulfide) groups is 1. The number of hydrogen-bond acceptors (Lipinski definition) is 7. The van der Waals surface area contributed by atoms with Crippen molar-refractivity contribution in [2.24, 2.45) is 0 Å². The lowest BCUT2D eigenvalue weighted by molar-refractivity contribution is -0.123. The van der Waals surface area contributed by atoms with E-state index in [1.807, 2.05) is 31.2 Å². The zero-order chi connectivity index (χ0) is 23.4. The highest BCUT2D eigenvalue weighted by atomic mass is 32.2. The second-order valence-electron chi connectivity index (χ2n) is 7.43. The van der Waals surface area contributed by atoms with Crippen molar-refractivity contribution in [1.82, 2.24) is 15.6 Å². The number of rotatable bonds is 7. The maximum Gasteiger partial charge on any atom is 0.234 e. The minimum Gasteiger partial charge on any atom is -0.497 e. The van der Waals surface area contributed by atoms with Gasteiger partial charge in [-0.05, 0) is 55.5 Å². The molecule has 33 heavy (non-hydrogen) atoms. The Kier molecular flexibility index (Phi) is 7.26. The normalized spacial score (nSPS) is 18.0. The fraction of sp³-hybridized carbons (Fsp3) is 0.261. The molecule has 4 rings (SSSR count). The molecule has 1 aromatic heterocycles. The number of aryl methyl sites for hydroxylation is 1. The number of aromatic nitrogens is 1. The van der Waals surface area contributed by atoms with E-state index in [1.165, 1.54) is 36.0 Å². The topological polar surface area (TPSA) is 92.3 Å². The highest BCUT2D eigenvalue weighted by Gasteiger charge is 2.30. The van der Waals surface area contributed by atoms with Gasteiger partial charge in [-0.2, -0.15) is 0 Å². The number of ether oxygens (including phenoxy) is 1. The van der Waals surface area contributed by atoms with Crippen LogP contribution in [0.4, 0.5) is 10.1 Å². The van der Waals surface area contributed by atoms with E-state index >= 15 is 0 Å². The zero-order valence-corrected chi connectivity index (χ0v) is 19.7. The third-order valence-corrected chi connectivity index (χ3v) is 7.37. The van der Waals surface area contributed by atoms with E-state index in [0.29, 0.717) is 12.1 Å². The summed E-state index contributed by atoms with van der Waals surface area (Å²) in [5, 5.41) is 9.86. The van der Waals surface area contributed by atoms with Gasteiger partial charge in [-0.1, -0.05) is 0 Å². The van der Waals surface area contributed by atoms with Crippen molar-refractivity contribution in [2.45, 2.75) is 24.9 Å². The molecule has 2 heterocycles. The Bertz CT molecular complexity index is 1140. The van der Waals surface area contributed by atoms with E-state index in [1.54, 1.807) is 18.4 Å². The Balaban J connectivity index is 1.39. The molecule has 0 bridgehead atoms. The van der Waals surface area contributed by atoms with Crippen LogP contribution in [0.1, 0.15) is 23.0 Å². The van der Waals surface area contributed by atoms with Gasteiger partial charge >= 0.3 is 0 Å². The molecule has 1 fully saturated rings. The summed E-state index contributed by atoms with van der Waals surface area (Å²) < 4.78 is 18.2. The van der Waals surface area contributed by atoms with Gasteiger partial charge in [0.15, 0.2) is 0 Å². The molecular weight excluding hydrogens is 463 g/mol. The summed E-state index contributed by atoms with van der Waals surface area (Å²) >= 11 is 2.83. The van der Waals surface area contributed by atoms with Crippen molar-refractivity contribution < 1.29 is 18.7 Å². The smallest absolute Gasteiger partial charge is 0.234 e. The maximum atomic E-state index is 13.0. The van der Waals surface area contributed by atoms with E-state index in [0.717, 1.165) is 26.9 Å². The number of anilines is 1. The summed E-state index contributed by atoms with van der Waals surface area (Å²) in [5.41, 5.74) is 1.96. The standard InChI is InChI=1S/C23H23FN4O3S2/c1-13-21(33-22(25-13)14-3-9-17(31-2)10-4-14)18-11-19(29)28-23(27-18)32-12-20(30)26-16-7-5-15(24)6-8-16/h3-10,18,23,27H,11-12H2,1-2H3,(H,26,30)(H,28,29). The number of nitrogens with zero attached hydrogens (tertiary/aromatic N) is 1. The molecule has 1 saturated heterocycles. The second kappa shape index (κ2) is 10.3. The monoisotopic (exact) mass is 486 g/mol. The number of carbonyl (C=O) groups excluding carboxylic acids is 2. The number of thiazole rings is 1. The van der Waals surface area contributed by atoms with Gasteiger partial charge in [-0.3, -0.25) is 14.9 Å². The third kappa shape index (κ3) is 5.89. The average Bonchev–Trinajstić information content (AvgIpc) is 3.20. The maximum absolute atomic E-state index is 13.0. The van der Waals surface area contributed by atoms with Crippen molar-refractivity contribution in [3.63, 3.8) is 0 Å². The van der Waals surface area contributed by atoms with Crippen LogP contribution in [-0.2, 0) is 9.59 Å². The number of nitrogens with one attached hydrogen (secondary N) is 3. The lowest BCUT2D eigenvalue weighted by atomic mass is 10.1. The number of halogens is 1. The van der Waals surface area contributed by atoms with Crippen LogP contribution < -0.4 is 20.7 Å². The summed E-state index contributed by atoms with van der Waals surface area (Å²) in [6.45, 7) is 1.94. The average molecular weight is 487 g/mol. The Hall–Kier alpha value is -2.95. The van der Waals surface area contributed by atoms with E-state index < -0.39 is 5.50 Å². The summed E-state index contributed by atoms with van der Waals surface area (Å²) in [6.07, 6.45) is 0.296. The van der Waals surface area contributed by atoms with E-state index in [4.69, 9.17) is 9.72 Å². The molecule has 3 aromatic rings. The second-order valence-corrected chi connectivity index (χ2v) is 9.56. The van der Waals surface area contributed by atoms with Gasteiger partial charge in [0.2, 0.25) is 11.8 Å². The van der Waals surface area contributed by atoms with Gasteiger partial charge in [0, 0.05) is 22.5 Å².